The van der Waals surface area contributed by atoms with Crippen LogP contribution >= 0.6 is 0 Å². The van der Waals surface area contributed by atoms with Crippen molar-refractivity contribution >= 4 is 27.7 Å². The van der Waals surface area contributed by atoms with Gasteiger partial charge in [0.05, 0.1) is 5.56 Å². The molecule has 3 heterocycles. The number of rotatable bonds is 2. The summed E-state index contributed by atoms with van der Waals surface area (Å²) in [4.78, 5) is 33.2. The van der Waals surface area contributed by atoms with Crippen LogP contribution in [0.3, 0.4) is 0 Å². The molecule has 4 aromatic rings. The van der Waals surface area contributed by atoms with E-state index in [-0.39, 0.29) is 11.5 Å². The summed E-state index contributed by atoms with van der Waals surface area (Å²) in [5, 5.41) is 2.07. The van der Waals surface area contributed by atoms with Crippen LogP contribution in [0.5, 0.6) is 0 Å². The molecule has 5 heteroatoms. The Balaban J connectivity index is 1.39. The van der Waals surface area contributed by atoms with Crippen LogP contribution in [0.1, 0.15) is 34.7 Å². The number of amides is 1. The maximum atomic E-state index is 13.1. The monoisotopic (exact) mass is 371 g/mol. The second-order valence-corrected chi connectivity index (χ2v) is 7.45. The molecule has 1 amide bonds. The molecule has 1 aliphatic heterocycles. The number of H-pyrrole nitrogens is 2. The van der Waals surface area contributed by atoms with E-state index in [2.05, 4.69) is 34.4 Å². The lowest BCUT2D eigenvalue weighted by Crippen LogP contribution is -2.38. The highest BCUT2D eigenvalue weighted by atomic mass is 16.2. The Morgan fingerprint density at radius 1 is 0.929 bits per heavy atom. The fourth-order valence-electron chi connectivity index (χ4n) is 4.38. The van der Waals surface area contributed by atoms with Gasteiger partial charge in [-0.3, -0.25) is 9.59 Å². The SMILES string of the molecule is O=C(c1cc(=O)[nH]c2ccccc12)N1CCC(c2c[nH]c3ccccc23)CC1. The molecule has 140 valence electrons. The second kappa shape index (κ2) is 6.68. The van der Waals surface area contributed by atoms with Crippen molar-refractivity contribution in [3.63, 3.8) is 0 Å². The molecule has 2 N–H and O–H groups in total. The quantitative estimate of drug-likeness (QED) is 0.559. The number of aromatic amines is 2. The van der Waals surface area contributed by atoms with Crippen molar-refractivity contribution in [3.8, 4) is 0 Å². The van der Waals surface area contributed by atoms with E-state index in [4.69, 9.17) is 0 Å². The zero-order valence-corrected chi connectivity index (χ0v) is 15.4. The van der Waals surface area contributed by atoms with Crippen LogP contribution in [0.2, 0.25) is 0 Å². The van der Waals surface area contributed by atoms with Crippen LogP contribution in [0.25, 0.3) is 21.8 Å². The number of para-hydroxylation sites is 2. The molecule has 2 aromatic carbocycles. The van der Waals surface area contributed by atoms with Crippen LogP contribution in [0.15, 0.2) is 65.6 Å². The topological polar surface area (TPSA) is 69.0 Å². The molecule has 1 aliphatic rings. The zero-order valence-electron chi connectivity index (χ0n) is 15.4. The third-order valence-corrected chi connectivity index (χ3v) is 5.82. The summed E-state index contributed by atoms with van der Waals surface area (Å²) in [7, 11) is 0. The van der Waals surface area contributed by atoms with Crippen LogP contribution in [0.4, 0.5) is 0 Å². The molecule has 5 rings (SSSR count). The first-order valence-electron chi connectivity index (χ1n) is 9.68. The number of nitrogens with one attached hydrogen (secondary N) is 2. The average molecular weight is 371 g/mol. The first kappa shape index (κ1) is 16.8. The van der Waals surface area contributed by atoms with Gasteiger partial charge < -0.3 is 14.9 Å². The highest BCUT2D eigenvalue weighted by molar-refractivity contribution is 6.06. The van der Waals surface area contributed by atoms with Crippen LogP contribution in [0, 0.1) is 0 Å². The van der Waals surface area contributed by atoms with E-state index in [9.17, 15) is 9.59 Å². The van der Waals surface area contributed by atoms with E-state index >= 15 is 0 Å². The predicted octanol–water partition coefficient (Wildman–Crippen LogP) is 4.03. The summed E-state index contributed by atoms with van der Waals surface area (Å²) < 4.78 is 0. The number of aromatic nitrogens is 2. The molecule has 28 heavy (non-hydrogen) atoms. The number of nitrogens with zero attached hydrogens (tertiary/aromatic N) is 1. The Hall–Kier alpha value is -3.34. The molecule has 0 saturated carbocycles. The number of carbonyl (C=O) groups excluding carboxylic acids is 1. The number of fused-ring (bicyclic) bond motifs is 2. The lowest BCUT2D eigenvalue weighted by atomic mass is 9.89. The van der Waals surface area contributed by atoms with Crippen molar-refractivity contribution in [2.24, 2.45) is 0 Å². The van der Waals surface area contributed by atoms with Gasteiger partial charge >= 0.3 is 0 Å². The Labute approximate surface area is 162 Å². The summed E-state index contributed by atoms with van der Waals surface area (Å²) in [6, 6.07) is 17.2. The van der Waals surface area contributed by atoms with Crippen molar-refractivity contribution in [2.45, 2.75) is 18.8 Å². The third-order valence-electron chi connectivity index (χ3n) is 5.82. The van der Waals surface area contributed by atoms with E-state index in [1.807, 2.05) is 35.2 Å². The van der Waals surface area contributed by atoms with Gasteiger partial charge in [-0.2, -0.15) is 0 Å². The summed E-state index contributed by atoms with van der Waals surface area (Å²) in [5.74, 6) is 0.385. The number of piperidine rings is 1. The zero-order chi connectivity index (χ0) is 19.1. The largest absolute Gasteiger partial charge is 0.361 e. The lowest BCUT2D eigenvalue weighted by molar-refractivity contribution is 0.0715. The highest BCUT2D eigenvalue weighted by Crippen LogP contribution is 2.33. The minimum atomic E-state index is -0.240. The van der Waals surface area contributed by atoms with E-state index in [1.165, 1.54) is 17.0 Å². The van der Waals surface area contributed by atoms with Gasteiger partial charge in [0.2, 0.25) is 5.56 Å². The Morgan fingerprint density at radius 3 is 2.39 bits per heavy atom. The standard InChI is InChI=1S/C23H21N3O2/c27-22-13-18(16-5-2-4-8-21(16)25-22)23(28)26-11-9-15(10-12-26)19-14-24-20-7-3-1-6-17(19)20/h1-8,13-15,24H,9-12H2,(H,25,27). The number of benzene rings is 2. The van der Waals surface area contributed by atoms with E-state index in [0.717, 1.165) is 23.7 Å². The third kappa shape index (κ3) is 2.80. The fraction of sp³-hybridized carbons (Fsp3) is 0.217. The molecule has 1 saturated heterocycles. The molecule has 0 bridgehead atoms. The van der Waals surface area contributed by atoms with Crippen molar-refractivity contribution < 1.29 is 4.79 Å². The highest BCUT2D eigenvalue weighted by Gasteiger charge is 2.27. The van der Waals surface area contributed by atoms with Gasteiger partial charge in [0.25, 0.3) is 5.91 Å². The summed E-state index contributed by atoms with van der Waals surface area (Å²) in [6.45, 7) is 1.40. The van der Waals surface area contributed by atoms with Gasteiger partial charge in [0.1, 0.15) is 0 Å². The number of pyridine rings is 1. The molecule has 0 atom stereocenters. The van der Waals surface area contributed by atoms with Gasteiger partial charge in [-0.1, -0.05) is 36.4 Å². The minimum absolute atomic E-state index is 0.0559. The molecule has 0 unspecified atom stereocenters. The second-order valence-electron chi connectivity index (χ2n) is 7.45. The van der Waals surface area contributed by atoms with Gasteiger partial charge in [-0.25, -0.2) is 0 Å². The Morgan fingerprint density at radius 2 is 1.61 bits per heavy atom. The molecular formula is C23H21N3O2. The predicted molar refractivity (Wildman–Crippen MR) is 111 cm³/mol. The molecule has 0 aliphatic carbocycles. The van der Waals surface area contributed by atoms with E-state index < -0.39 is 0 Å². The summed E-state index contributed by atoms with van der Waals surface area (Å²) in [5.41, 5.74) is 3.45. The van der Waals surface area contributed by atoms with Crippen LogP contribution in [-0.4, -0.2) is 33.9 Å². The first-order valence-corrected chi connectivity index (χ1v) is 9.68. The smallest absolute Gasteiger partial charge is 0.254 e. The van der Waals surface area contributed by atoms with E-state index in [1.54, 1.807) is 0 Å². The fourth-order valence-corrected chi connectivity index (χ4v) is 4.38. The lowest BCUT2D eigenvalue weighted by Gasteiger charge is -2.32. The molecular weight excluding hydrogens is 350 g/mol. The van der Waals surface area contributed by atoms with Crippen molar-refractivity contribution in [2.75, 3.05) is 13.1 Å². The van der Waals surface area contributed by atoms with Gasteiger partial charge in [0, 0.05) is 47.2 Å². The maximum absolute atomic E-state index is 13.1. The number of hydrogen-bond donors (Lipinski definition) is 2. The number of carbonyl (C=O) groups is 1. The molecule has 0 spiro atoms. The summed E-state index contributed by atoms with van der Waals surface area (Å²) >= 11 is 0. The van der Waals surface area contributed by atoms with Gasteiger partial charge in [0.15, 0.2) is 0 Å². The van der Waals surface area contributed by atoms with Crippen molar-refractivity contribution in [3.05, 3.63) is 82.3 Å². The van der Waals surface area contributed by atoms with Crippen LogP contribution in [-0.2, 0) is 0 Å². The molecule has 2 aromatic heterocycles. The summed E-state index contributed by atoms with van der Waals surface area (Å²) in [6.07, 6.45) is 3.96. The van der Waals surface area contributed by atoms with Crippen LogP contribution < -0.4 is 5.56 Å². The average Bonchev–Trinajstić information content (AvgIpc) is 3.17. The maximum Gasteiger partial charge on any atom is 0.254 e. The molecule has 5 nitrogen and oxygen atoms in total. The minimum Gasteiger partial charge on any atom is -0.361 e. The Kier molecular flexibility index (Phi) is 4.01. The number of hydrogen-bond acceptors (Lipinski definition) is 2. The normalized spacial score (nSPS) is 15.4. The molecule has 0 radical (unpaired) electrons. The molecule has 1 fully saturated rings. The van der Waals surface area contributed by atoms with Gasteiger partial charge in [-0.15, -0.1) is 0 Å². The van der Waals surface area contributed by atoms with E-state index in [0.29, 0.717) is 30.1 Å². The van der Waals surface area contributed by atoms with Crippen molar-refractivity contribution in [1.29, 1.82) is 0 Å². The first-order chi connectivity index (χ1) is 13.7. The number of likely N-dealkylation sites (tertiary alicyclic amines) is 1. The van der Waals surface area contributed by atoms with Gasteiger partial charge in [-0.05, 0) is 36.5 Å². The van der Waals surface area contributed by atoms with Crippen molar-refractivity contribution in [1.82, 2.24) is 14.9 Å². The Bertz CT molecular complexity index is 1230.